The molecule has 0 bridgehead atoms. The molecule has 0 aliphatic heterocycles. The molecule has 2 aromatic carbocycles. The van der Waals surface area contributed by atoms with E-state index in [1.165, 1.54) is 0 Å². The molecule has 35 heavy (non-hydrogen) atoms. The van der Waals surface area contributed by atoms with E-state index in [0.29, 0.717) is 30.5 Å². The Bertz CT molecular complexity index is 1340. The first kappa shape index (κ1) is 23.9. The third-order valence-corrected chi connectivity index (χ3v) is 5.23. The van der Waals surface area contributed by atoms with Crippen LogP contribution >= 0.6 is 0 Å². The normalized spacial score (nSPS) is 11.3. The van der Waals surface area contributed by atoms with Gasteiger partial charge in [0.2, 0.25) is 0 Å². The number of fused-ring (bicyclic) bond motifs is 1. The van der Waals surface area contributed by atoms with Crippen LogP contribution in [0.25, 0.3) is 16.7 Å². The number of H-pyrrole nitrogens is 1. The van der Waals surface area contributed by atoms with Crippen LogP contribution in [0.1, 0.15) is 26.5 Å². The van der Waals surface area contributed by atoms with Crippen LogP contribution in [0.2, 0.25) is 0 Å². The minimum absolute atomic E-state index is 0.0807. The van der Waals surface area contributed by atoms with Crippen LogP contribution in [0, 0.1) is 12.3 Å². The molecule has 180 valence electrons. The quantitative estimate of drug-likeness (QED) is 0.254. The van der Waals surface area contributed by atoms with Crippen LogP contribution in [0.5, 0.6) is 5.75 Å². The van der Waals surface area contributed by atoms with E-state index in [1.807, 2.05) is 53.1 Å². The Kier molecular flexibility index (Phi) is 7.03. The van der Waals surface area contributed by atoms with Crippen molar-refractivity contribution in [2.24, 2.45) is 0 Å². The number of benzene rings is 2. The monoisotopic (exact) mass is 472 g/mol. The molecular formula is C26H28N6O3. The highest BCUT2D eigenvalue weighted by molar-refractivity contribution is 5.99. The number of carbonyl (C=O) groups is 1. The van der Waals surface area contributed by atoms with Gasteiger partial charge in [-0.3, -0.25) is 15.0 Å². The fourth-order valence-electron chi connectivity index (χ4n) is 3.39. The maximum absolute atomic E-state index is 12.4. The average molecular weight is 473 g/mol. The average Bonchev–Trinajstić information content (AvgIpc) is 3.46. The lowest BCUT2D eigenvalue weighted by atomic mass is 9.92. The summed E-state index contributed by atoms with van der Waals surface area (Å²) in [6, 6.07) is 14.7. The molecule has 2 heterocycles. The number of hydrogen-bond acceptors (Lipinski definition) is 5. The lowest BCUT2D eigenvalue weighted by molar-refractivity contribution is 0.124. The zero-order chi connectivity index (χ0) is 24.8. The van der Waals surface area contributed by atoms with Crippen LogP contribution in [0.15, 0.2) is 54.9 Å². The first-order valence-corrected chi connectivity index (χ1v) is 11.2. The van der Waals surface area contributed by atoms with E-state index < -0.39 is 0 Å². The predicted octanol–water partition coefficient (Wildman–Crippen LogP) is 4.72. The third kappa shape index (κ3) is 5.99. The topological polar surface area (TPSA) is 106 Å². The molecule has 0 aliphatic rings. The van der Waals surface area contributed by atoms with Crippen LogP contribution in [-0.4, -0.2) is 45.6 Å². The summed E-state index contributed by atoms with van der Waals surface area (Å²) >= 11 is 0. The molecule has 0 spiro atoms. The van der Waals surface area contributed by atoms with E-state index in [2.05, 4.69) is 52.5 Å². The van der Waals surface area contributed by atoms with Crippen LogP contribution in [-0.2, 0) is 10.2 Å². The number of terminal acetylenes is 1. The van der Waals surface area contributed by atoms with Crippen molar-refractivity contribution in [3.8, 4) is 23.8 Å². The lowest BCUT2D eigenvalue weighted by Crippen LogP contribution is -2.19. The van der Waals surface area contributed by atoms with Gasteiger partial charge in [-0.2, -0.15) is 5.10 Å². The largest absolute Gasteiger partial charge is 0.491 e. The Labute approximate surface area is 203 Å². The molecule has 0 unspecified atom stereocenters. The fraction of sp³-hybridized carbons (Fsp3) is 0.269. The molecule has 9 heteroatoms. The maximum Gasteiger partial charge on any atom is 0.324 e. The molecule has 0 saturated carbocycles. The van der Waals surface area contributed by atoms with Gasteiger partial charge in [0.05, 0.1) is 17.6 Å². The molecule has 0 radical (unpaired) electrons. The number of aromatic amines is 1. The molecule has 9 nitrogen and oxygen atoms in total. The molecule has 4 rings (SSSR count). The van der Waals surface area contributed by atoms with Crippen molar-refractivity contribution in [2.75, 3.05) is 30.5 Å². The van der Waals surface area contributed by atoms with Crippen molar-refractivity contribution in [3.63, 3.8) is 0 Å². The van der Waals surface area contributed by atoms with Crippen molar-refractivity contribution < 1.29 is 14.3 Å². The third-order valence-electron chi connectivity index (χ3n) is 5.23. The van der Waals surface area contributed by atoms with Gasteiger partial charge in [-0.25, -0.2) is 9.78 Å². The SMILES string of the molecule is C#CCOCCOc1ccc2c(c1)ncn2-c1ccc(NC(=O)Nc2cc(C(C)(C)C)[nH]n2)cc1. The standard InChI is InChI=1S/C26H28N6O3/c1-5-12-34-13-14-35-20-10-11-22-21(15-20)27-17-32(22)19-8-6-18(7-9-19)28-25(33)29-24-16-23(30-31-24)26(2,3)4/h1,6-11,15-17H,12-14H2,2-4H3,(H3,28,29,30,31,33). The zero-order valence-corrected chi connectivity index (χ0v) is 20.0. The smallest absolute Gasteiger partial charge is 0.324 e. The fourth-order valence-corrected chi connectivity index (χ4v) is 3.39. The summed E-state index contributed by atoms with van der Waals surface area (Å²) in [5.41, 5.74) is 4.18. The zero-order valence-electron chi connectivity index (χ0n) is 20.0. The van der Waals surface area contributed by atoms with Gasteiger partial charge in [-0.05, 0) is 36.4 Å². The molecule has 0 saturated heterocycles. The van der Waals surface area contributed by atoms with Crippen LogP contribution < -0.4 is 15.4 Å². The van der Waals surface area contributed by atoms with Gasteiger partial charge >= 0.3 is 6.03 Å². The summed E-state index contributed by atoms with van der Waals surface area (Å²) in [7, 11) is 0. The van der Waals surface area contributed by atoms with Crippen molar-refractivity contribution >= 4 is 28.6 Å². The molecule has 0 aliphatic carbocycles. The van der Waals surface area contributed by atoms with Crippen molar-refractivity contribution in [1.29, 1.82) is 0 Å². The first-order valence-electron chi connectivity index (χ1n) is 11.2. The molecule has 2 aromatic heterocycles. The summed E-state index contributed by atoms with van der Waals surface area (Å²) in [5, 5.41) is 12.7. The number of aromatic nitrogens is 4. The number of nitrogens with zero attached hydrogens (tertiary/aromatic N) is 3. The lowest BCUT2D eigenvalue weighted by Gasteiger charge is -2.14. The molecule has 0 atom stereocenters. The van der Waals surface area contributed by atoms with E-state index in [4.69, 9.17) is 15.9 Å². The van der Waals surface area contributed by atoms with E-state index in [0.717, 1.165) is 22.4 Å². The first-order chi connectivity index (χ1) is 16.8. The number of imidazole rings is 1. The Balaban J connectivity index is 1.37. The number of amides is 2. The van der Waals surface area contributed by atoms with Gasteiger partial charge in [-0.15, -0.1) is 6.42 Å². The minimum Gasteiger partial charge on any atom is -0.491 e. The van der Waals surface area contributed by atoms with Crippen LogP contribution in [0.3, 0.4) is 0 Å². The Morgan fingerprint density at radius 1 is 1.11 bits per heavy atom. The minimum atomic E-state index is -0.366. The summed E-state index contributed by atoms with van der Waals surface area (Å²) in [5.74, 6) is 3.60. The summed E-state index contributed by atoms with van der Waals surface area (Å²) in [6.45, 7) is 7.32. The molecular weight excluding hydrogens is 444 g/mol. The van der Waals surface area contributed by atoms with Crippen molar-refractivity contribution in [2.45, 2.75) is 26.2 Å². The number of rotatable bonds is 8. The highest BCUT2D eigenvalue weighted by atomic mass is 16.5. The number of carbonyl (C=O) groups excluding carboxylic acids is 1. The van der Waals surface area contributed by atoms with E-state index in [1.54, 1.807) is 6.33 Å². The van der Waals surface area contributed by atoms with Gasteiger partial charge in [-0.1, -0.05) is 26.7 Å². The van der Waals surface area contributed by atoms with E-state index in [-0.39, 0.29) is 18.1 Å². The number of anilines is 2. The van der Waals surface area contributed by atoms with Gasteiger partial charge < -0.3 is 14.8 Å². The second-order valence-electron chi connectivity index (χ2n) is 8.91. The summed E-state index contributed by atoms with van der Waals surface area (Å²) < 4.78 is 12.9. The number of urea groups is 1. The van der Waals surface area contributed by atoms with Crippen molar-refractivity contribution in [3.05, 3.63) is 60.6 Å². The maximum atomic E-state index is 12.4. The van der Waals surface area contributed by atoms with Gasteiger partial charge in [0.15, 0.2) is 5.82 Å². The number of nitrogens with one attached hydrogen (secondary N) is 3. The second kappa shape index (κ2) is 10.3. The predicted molar refractivity (Wildman–Crippen MR) is 136 cm³/mol. The van der Waals surface area contributed by atoms with Crippen LogP contribution in [0.4, 0.5) is 16.3 Å². The molecule has 2 amide bonds. The van der Waals surface area contributed by atoms with Gasteiger partial charge in [0.1, 0.15) is 25.3 Å². The Morgan fingerprint density at radius 3 is 2.63 bits per heavy atom. The number of hydrogen-bond donors (Lipinski definition) is 3. The molecule has 3 N–H and O–H groups in total. The molecule has 0 fully saturated rings. The number of ether oxygens (including phenoxy) is 2. The van der Waals surface area contributed by atoms with E-state index >= 15 is 0 Å². The van der Waals surface area contributed by atoms with Crippen molar-refractivity contribution in [1.82, 2.24) is 19.7 Å². The van der Waals surface area contributed by atoms with E-state index in [9.17, 15) is 4.79 Å². The highest BCUT2D eigenvalue weighted by Crippen LogP contribution is 2.24. The summed E-state index contributed by atoms with van der Waals surface area (Å²) in [4.78, 5) is 16.9. The Morgan fingerprint density at radius 2 is 1.91 bits per heavy atom. The molecule has 4 aromatic rings. The second-order valence-corrected chi connectivity index (χ2v) is 8.91. The highest BCUT2D eigenvalue weighted by Gasteiger charge is 2.17. The summed E-state index contributed by atoms with van der Waals surface area (Å²) in [6.07, 6.45) is 6.91. The van der Waals surface area contributed by atoms with Gasteiger partial charge in [0, 0.05) is 34.6 Å². The van der Waals surface area contributed by atoms with Gasteiger partial charge in [0.25, 0.3) is 0 Å². The Hall–Kier alpha value is -4.29.